The van der Waals surface area contributed by atoms with E-state index in [9.17, 15) is 5.26 Å². The number of hydrogen-bond donors (Lipinski definition) is 0. The fourth-order valence-corrected chi connectivity index (χ4v) is 4.89. The summed E-state index contributed by atoms with van der Waals surface area (Å²) in [4.78, 5) is 0. The van der Waals surface area contributed by atoms with Crippen molar-refractivity contribution in [1.29, 1.82) is 5.26 Å². The van der Waals surface area contributed by atoms with E-state index >= 15 is 0 Å². The summed E-state index contributed by atoms with van der Waals surface area (Å²) in [5.74, 6) is 4.84. The van der Waals surface area contributed by atoms with Crippen molar-refractivity contribution in [3.05, 3.63) is 11.3 Å². The van der Waals surface area contributed by atoms with Crippen molar-refractivity contribution in [2.75, 3.05) is 7.11 Å². The van der Waals surface area contributed by atoms with Crippen LogP contribution in [-0.4, -0.2) is 7.11 Å². The largest absolute Gasteiger partial charge is 0.500 e. The minimum absolute atomic E-state index is 0.507. The Bertz CT molecular complexity index is 362. The van der Waals surface area contributed by atoms with Gasteiger partial charge in [0.25, 0.3) is 0 Å². The third-order valence-corrected chi connectivity index (χ3v) is 5.37. The van der Waals surface area contributed by atoms with Crippen molar-refractivity contribution in [1.82, 2.24) is 0 Å². The minimum atomic E-state index is 0.507. The predicted octanol–water partition coefficient (Wildman–Crippen LogP) is 3.50. The molecule has 0 aliphatic heterocycles. The maximum Gasteiger partial charge on any atom is 0.106 e. The molecule has 17 heavy (non-hydrogen) atoms. The molecule has 4 aliphatic carbocycles. The van der Waals surface area contributed by atoms with Crippen LogP contribution in [-0.2, 0) is 4.74 Å². The Hall–Kier alpha value is -0.970. The highest BCUT2D eigenvalue weighted by Gasteiger charge is 2.49. The molecule has 0 aromatic carbocycles. The molecule has 4 fully saturated rings. The monoisotopic (exact) mass is 231 g/mol. The van der Waals surface area contributed by atoms with Crippen LogP contribution in [0.2, 0.25) is 0 Å². The van der Waals surface area contributed by atoms with Gasteiger partial charge in [-0.3, -0.25) is 0 Å². The maximum absolute atomic E-state index is 9.42. The van der Waals surface area contributed by atoms with Crippen LogP contribution >= 0.6 is 0 Å². The fourth-order valence-electron chi connectivity index (χ4n) is 4.89. The first kappa shape index (κ1) is 11.1. The van der Waals surface area contributed by atoms with Crippen LogP contribution in [0, 0.1) is 40.9 Å². The van der Waals surface area contributed by atoms with Crippen LogP contribution < -0.4 is 0 Å². The highest BCUT2D eigenvalue weighted by Crippen LogP contribution is 2.58. The lowest BCUT2D eigenvalue weighted by Crippen LogP contribution is -2.45. The summed E-state index contributed by atoms with van der Waals surface area (Å²) in [6.45, 7) is 1.95. The van der Waals surface area contributed by atoms with Gasteiger partial charge < -0.3 is 4.74 Å². The SMILES string of the molecule is CO/C(C)=C(/C#N)C1C2CC3CC(C2)CC1C3. The van der Waals surface area contributed by atoms with Crippen molar-refractivity contribution < 1.29 is 4.74 Å². The van der Waals surface area contributed by atoms with E-state index in [2.05, 4.69) is 6.07 Å². The van der Waals surface area contributed by atoms with E-state index in [-0.39, 0.29) is 0 Å². The molecule has 2 heteroatoms. The first-order valence-corrected chi connectivity index (χ1v) is 6.87. The van der Waals surface area contributed by atoms with Crippen LogP contribution in [0.3, 0.4) is 0 Å². The molecule has 0 N–H and O–H groups in total. The molecule has 0 aromatic rings. The van der Waals surface area contributed by atoms with Crippen LogP contribution in [0.1, 0.15) is 39.0 Å². The number of nitrogens with zero attached hydrogens (tertiary/aromatic N) is 1. The summed E-state index contributed by atoms with van der Waals surface area (Å²) in [7, 11) is 1.68. The Morgan fingerprint density at radius 3 is 2.00 bits per heavy atom. The number of hydrogen-bond acceptors (Lipinski definition) is 2. The van der Waals surface area contributed by atoms with Gasteiger partial charge in [0.1, 0.15) is 5.76 Å². The molecule has 0 atom stereocenters. The summed E-state index contributed by atoms with van der Waals surface area (Å²) < 4.78 is 5.32. The molecule has 0 saturated heterocycles. The molecule has 0 radical (unpaired) electrons. The molecule has 4 aliphatic rings. The second-order valence-corrected chi connectivity index (χ2v) is 6.24. The molecular weight excluding hydrogens is 210 g/mol. The maximum atomic E-state index is 9.42. The zero-order valence-corrected chi connectivity index (χ0v) is 10.8. The van der Waals surface area contributed by atoms with Gasteiger partial charge in [-0.25, -0.2) is 0 Å². The Labute approximate surface area is 104 Å². The van der Waals surface area contributed by atoms with Crippen LogP contribution in [0.25, 0.3) is 0 Å². The van der Waals surface area contributed by atoms with E-state index in [1.54, 1.807) is 7.11 Å². The number of allylic oxidation sites excluding steroid dienone is 2. The van der Waals surface area contributed by atoms with E-state index in [4.69, 9.17) is 4.74 Å². The lowest BCUT2D eigenvalue weighted by molar-refractivity contribution is -0.0207. The average molecular weight is 231 g/mol. The van der Waals surface area contributed by atoms with E-state index in [0.717, 1.165) is 35.0 Å². The molecular formula is C15H21NO. The second-order valence-electron chi connectivity index (χ2n) is 6.24. The zero-order chi connectivity index (χ0) is 12.0. The van der Waals surface area contributed by atoms with Gasteiger partial charge in [0.2, 0.25) is 0 Å². The van der Waals surface area contributed by atoms with E-state index in [1.165, 1.54) is 32.1 Å². The molecule has 0 unspecified atom stereocenters. The third kappa shape index (κ3) is 1.68. The molecule has 92 valence electrons. The molecule has 4 rings (SSSR count). The van der Waals surface area contributed by atoms with E-state index in [0.29, 0.717) is 5.92 Å². The molecule has 0 aromatic heterocycles. The first-order chi connectivity index (χ1) is 8.22. The van der Waals surface area contributed by atoms with Gasteiger partial charge in [-0.15, -0.1) is 0 Å². The van der Waals surface area contributed by atoms with Gasteiger partial charge in [0.05, 0.1) is 18.8 Å². The van der Waals surface area contributed by atoms with E-state index in [1.807, 2.05) is 6.92 Å². The van der Waals surface area contributed by atoms with Gasteiger partial charge in [0.15, 0.2) is 0 Å². The van der Waals surface area contributed by atoms with Gasteiger partial charge in [0, 0.05) is 5.92 Å². The summed E-state index contributed by atoms with van der Waals surface area (Å²) in [6.07, 6.45) is 6.91. The van der Waals surface area contributed by atoms with Gasteiger partial charge in [-0.2, -0.15) is 5.26 Å². The molecule has 4 saturated carbocycles. The standard InChI is InChI=1S/C15H21NO/c1-9(17-2)14(8-16)15-12-4-10-3-11(6-12)7-13(15)5-10/h10-13,15H,3-7H2,1-2H3/b14-9-. The first-order valence-electron chi connectivity index (χ1n) is 6.87. The normalized spacial score (nSPS) is 44.2. The molecule has 0 amide bonds. The van der Waals surface area contributed by atoms with Crippen LogP contribution in [0.5, 0.6) is 0 Å². The Morgan fingerprint density at radius 1 is 1.06 bits per heavy atom. The highest BCUT2D eigenvalue weighted by molar-refractivity contribution is 5.30. The third-order valence-electron chi connectivity index (χ3n) is 5.37. The quantitative estimate of drug-likeness (QED) is 0.538. The van der Waals surface area contributed by atoms with Crippen molar-refractivity contribution in [3.8, 4) is 6.07 Å². The van der Waals surface area contributed by atoms with Gasteiger partial charge in [-0.05, 0) is 62.7 Å². The summed E-state index contributed by atoms with van der Waals surface area (Å²) in [5, 5.41) is 9.42. The lowest BCUT2D eigenvalue weighted by Gasteiger charge is -2.54. The summed E-state index contributed by atoms with van der Waals surface area (Å²) in [5.41, 5.74) is 0.946. The Kier molecular flexibility index (Phi) is 2.65. The average Bonchev–Trinajstić information content (AvgIpc) is 2.32. The van der Waals surface area contributed by atoms with Gasteiger partial charge in [-0.1, -0.05) is 0 Å². The predicted molar refractivity (Wildman–Crippen MR) is 65.9 cm³/mol. The van der Waals surface area contributed by atoms with Crippen molar-refractivity contribution in [3.63, 3.8) is 0 Å². The van der Waals surface area contributed by atoms with Crippen LogP contribution in [0.4, 0.5) is 0 Å². The highest BCUT2D eigenvalue weighted by atomic mass is 16.5. The summed E-state index contributed by atoms with van der Waals surface area (Å²) in [6, 6.07) is 2.44. The Balaban J connectivity index is 1.92. The molecule has 4 bridgehead atoms. The Morgan fingerprint density at radius 2 is 1.59 bits per heavy atom. The number of methoxy groups -OCH3 is 1. The van der Waals surface area contributed by atoms with Gasteiger partial charge >= 0.3 is 0 Å². The number of ether oxygens (including phenoxy) is 1. The van der Waals surface area contributed by atoms with E-state index < -0.39 is 0 Å². The number of nitriles is 1. The summed E-state index contributed by atoms with van der Waals surface area (Å²) >= 11 is 0. The van der Waals surface area contributed by atoms with Crippen molar-refractivity contribution in [2.24, 2.45) is 29.6 Å². The molecule has 0 heterocycles. The molecule has 2 nitrogen and oxygen atoms in total. The lowest BCUT2D eigenvalue weighted by atomic mass is 9.50. The van der Waals surface area contributed by atoms with Crippen molar-refractivity contribution in [2.45, 2.75) is 39.0 Å². The number of rotatable bonds is 2. The topological polar surface area (TPSA) is 33.0 Å². The smallest absolute Gasteiger partial charge is 0.106 e. The van der Waals surface area contributed by atoms with Crippen LogP contribution in [0.15, 0.2) is 11.3 Å². The fraction of sp³-hybridized carbons (Fsp3) is 0.800. The molecule has 0 spiro atoms. The van der Waals surface area contributed by atoms with Crippen molar-refractivity contribution >= 4 is 0 Å². The minimum Gasteiger partial charge on any atom is -0.500 e. The second kappa shape index (κ2) is 4.05. The zero-order valence-electron chi connectivity index (χ0n) is 10.8.